The molecule has 10 heteroatoms. The summed E-state index contributed by atoms with van der Waals surface area (Å²) in [5.41, 5.74) is 3.08. The minimum atomic E-state index is -3.56. The molecule has 1 aromatic rings. The van der Waals surface area contributed by atoms with Gasteiger partial charge in [0, 0.05) is 6.54 Å². The number of nitrogens with zero attached hydrogens (tertiary/aromatic N) is 2. The van der Waals surface area contributed by atoms with Crippen LogP contribution in [0.1, 0.15) is 18.4 Å². The third-order valence-electron chi connectivity index (χ3n) is 4.20. The summed E-state index contributed by atoms with van der Waals surface area (Å²) in [6.07, 6.45) is 1.98. The van der Waals surface area contributed by atoms with Gasteiger partial charge in [-0.1, -0.05) is 30.3 Å². The summed E-state index contributed by atoms with van der Waals surface area (Å²) in [6, 6.07) is 8.28. The van der Waals surface area contributed by atoms with Gasteiger partial charge in [-0.3, -0.25) is 15.1 Å². The molecule has 2 saturated heterocycles. The smallest absolute Gasteiger partial charge is 0.309 e. The molecule has 0 saturated carbocycles. The Morgan fingerprint density at radius 3 is 2.68 bits per heavy atom. The second kappa shape index (κ2) is 6.98. The number of carbonyl (C=O) groups excluding carboxylic acids is 2. The number of hydroxylamine groups is 2. The largest absolute Gasteiger partial charge is 0.345 e. The lowest BCUT2D eigenvalue weighted by atomic mass is 10.0. The number of hydrogen-bond acceptors (Lipinski definition) is 5. The first-order valence-electron chi connectivity index (χ1n) is 7.88. The number of hydrazine groups is 1. The summed E-state index contributed by atoms with van der Waals surface area (Å²) in [4.78, 5) is 33.7. The van der Waals surface area contributed by atoms with Crippen molar-refractivity contribution in [1.29, 1.82) is 0 Å². The van der Waals surface area contributed by atoms with Crippen molar-refractivity contribution in [3.8, 4) is 0 Å². The highest BCUT2D eigenvalue weighted by molar-refractivity contribution is 7.88. The van der Waals surface area contributed by atoms with E-state index in [9.17, 15) is 18.0 Å². The van der Waals surface area contributed by atoms with E-state index in [1.54, 1.807) is 0 Å². The molecule has 2 heterocycles. The van der Waals surface area contributed by atoms with Crippen molar-refractivity contribution in [2.75, 3.05) is 12.8 Å². The van der Waals surface area contributed by atoms with E-state index in [1.807, 2.05) is 35.2 Å². The fourth-order valence-electron chi connectivity index (χ4n) is 3.02. The first-order valence-corrected chi connectivity index (χ1v) is 9.77. The minimum absolute atomic E-state index is 0.108. The van der Waals surface area contributed by atoms with Gasteiger partial charge in [0.1, 0.15) is 12.6 Å². The van der Waals surface area contributed by atoms with Crippen molar-refractivity contribution in [3.05, 3.63) is 35.9 Å². The van der Waals surface area contributed by atoms with Crippen LogP contribution >= 0.6 is 0 Å². The molecule has 0 spiro atoms. The number of hydrogen-bond donors (Lipinski definition) is 2. The molecule has 136 valence electrons. The third kappa shape index (κ3) is 4.09. The number of fused-ring (bicyclic) bond motifs is 2. The van der Waals surface area contributed by atoms with Gasteiger partial charge in [-0.15, -0.1) is 4.83 Å². The van der Waals surface area contributed by atoms with Gasteiger partial charge in [0.25, 0.3) is 5.91 Å². The second-order valence-corrected chi connectivity index (χ2v) is 7.88. The molecule has 0 unspecified atom stereocenters. The molecule has 0 aromatic heterocycles. The van der Waals surface area contributed by atoms with Crippen LogP contribution in [0.15, 0.2) is 30.3 Å². The number of amides is 3. The van der Waals surface area contributed by atoms with Crippen molar-refractivity contribution in [1.82, 2.24) is 20.2 Å². The summed E-state index contributed by atoms with van der Waals surface area (Å²) >= 11 is 0. The number of carbonyl (C=O) groups is 2. The van der Waals surface area contributed by atoms with E-state index in [-0.39, 0.29) is 18.7 Å². The SMILES string of the molecule is CS(=O)(=O)NNC(=O)[C@@H]1CC[C@@H]2CN1C(=O)N2OCc1ccccc1. The standard InChI is InChI=1S/C15H20N4O5S/c1-25(22,23)17-16-14(20)13-8-7-12-9-18(13)15(21)19(12)24-10-11-5-3-2-4-6-11/h2-6,12-13,17H,7-10H2,1H3,(H,16,20)/t12-,13+/m1/s1. The predicted octanol–water partition coefficient (Wildman–Crippen LogP) is -0.0328. The number of nitrogens with one attached hydrogen (secondary N) is 2. The van der Waals surface area contributed by atoms with E-state index in [0.717, 1.165) is 11.8 Å². The molecule has 2 aliphatic rings. The average Bonchev–Trinajstić information content (AvgIpc) is 2.82. The number of urea groups is 1. The van der Waals surface area contributed by atoms with Crippen LogP contribution in [-0.2, 0) is 26.3 Å². The fraction of sp³-hybridized carbons (Fsp3) is 0.467. The normalized spacial score (nSPS) is 23.0. The van der Waals surface area contributed by atoms with E-state index in [0.29, 0.717) is 19.4 Å². The highest BCUT2D eigenvalue weighted by atomic mass is 32.2. The number of sulfonamides is 1. The van der Waals surface area contributed by atoms with Gasteiger partial charge in [0.05, 0.1) is 12.3 Å². The van der Waals surface area contributed by atoms with Crippen LogP contribution in [0.25, 0.3) is 0 Å². The number of rotatable bonds is 6. The van der Waals surface area contributed by atoms with Gasteiger partial charge in [0.2, 0.25) is 10.0 Å². The van der Waals surface area contributed by atoms with E-state index >= 15 is 0 Å². The predicted molar refractivity (Wildman–Crippen MR) is 88.1 cm³/mol. The van der Waals surface area contributed by atoms with Crippen LogP contribution < -0.4 is 10.3 Å². The summed E-state index contributed by atoms with van der Waals surface area (Å²) in [5, 5.41) is 1.32. The Balaban J connectivity index is 1.61. The number of piperidine rings is 1. The van der Waals surface area contributed by atoms with Crippen molar-refractivity contribution in [2.24, 2.45) is 0 Å². The Morgan fingerprint density at radius 1 is 1.28 bits per heavy atom. The summed E-state index contributed by atoms with van der Waals surface area (Å²) in [7, 11) is -3.56. The Kier molecular flexibility index (Phi) is 4.93. The van der Waals surface area contributed by atoms with Gasteiger partial charge in [-0.05, 0) is 18.4 Å². The van der Waals surface area contributed by atoms with Crippen LogP contribution in [0.3, 0.4) is 0 Å². The third-order valence-corrected chi connectivity index (χ3v) is 4.67. The van der Waals surface area contributed by atoms with Crippen molar-refractivity contribution < 1.29 is 22.8 Å². The minimum Gasteiger partial charge on any atom is -0.309 e. The van der Waals surface area contributed by atoms with Gasteiger partial charge in [0.15, 0.2) is 0 Å². The van der Waals surface area contributed by atoms with Crippen molar-refractivity contribution >= 4 is 22.0 Å². The Hall–Kier alpha value is -2.17. The molecule has 0 radical (unpaired) electrons. The Morgan fingerprint density at radius 2 is 2.00 bits per heavy atom. The summed E-state index contributed by atoms with van der Waals surface area (Å²) < 4.78 is 22.2. The van der Waals surface area contributed by atoms with Crippen LogP contribution in [0.5, 0.6) is 0 Å². The van der Waals surface area contributed by atoms with Crippen LogP contribution in [-0.4, -0.2) is 55.2 Å². The van der Waals surface area contributed by atoms with Gasteiger partial charge in [-0.25, -0.2) is 13.2 Å². The Bertz CT molecular complexity index is 754. The lowest BCUT2D eigenvalue weighted by Crippen LogP contribution is -2.53. The second-order valence-electron chi connectivity index (χ2n) is 6.13. The lowest BCUT2D eigenvalue weighted by Gasteiger charge is -2.29. The molecule has 0 aliphatic carbocycles. The van der Waals surface area contributed by atoms with E-state index in [2.05, 4.69) is 5.43 Å². The first-order chi connectivity index (χ1) is 11.8. The molecule has 9 nitrogen and oxygen atoms in total. The van der Waals surface area contributed by atoms with Crippen LogP contribution in [0, 0.1) is 0 Å². The molecule has 2 fully saturated rings. The van der Waals surface area contributed by atoms with Crippen molar-refractivity contribution in [3.63, 3.8) is 0 Å². The monoisotopic (exact) mass is 368 g/mol. The zero-order valence-corrected chi connectivity index (χ0v) is 14.5. The zero-order chi connectivity index (χ0) is 18.0. The Labute approximate surface area is 145 Å². The van der Waals surface area contributed by atoms with Crippen LogP contribution in [0.4, 0.5) is 4.79 Å². The van der Waals surface area contributed by atoms with E-state index in [4.69, 9.17) is 4.84 Å². The van der Waals surface area contributed by atoms with E-state index in [1.165, 1.54) is 9.96 Å². The van der Waals surface area contributed by atoms with Crippen molar-refractivity contribution in [2.45, 2.75) is 31.5 Å². The molecule has 3 rings (SSSR count). The van der Waals surface area contributed by atoms with Gasteiger partial charge < -0.3 is 4.90 Å². The molecule has 2 bridgehead atoms. The summed E-state index contributed by atoms with van der Waals surface area (Å²) in [5.74, 6) is -0.554. The molecule has 1 aromatic carbocycles. The highest BCUT2D eigenvalue weighted by Crippen LogP contribution is 2.30. The lowest BCUT2D eigenvalue weighted by molar-refractivity contribution is -0.140. The molecular weight excluding hydrogens is 348 g/mol. The highest BCUT2D eigenvalue weighted by Gasteiger charge is 2.47. The molecule has 2 aliphatic heterocycles. The van der Waals surface area contributed by atoms with Crippen LogP contribution in [0.2, 0.25) is 0 Å². The molecule has 3 amide bonds. The maximum atomic E-state index is 12.5. The first kappa shape index (κ1) is 17.6. The van der Waals surface area contributed by atoms with E-state index < -0.39 is 22.0 Å². The number of benzene rings is 1. The van der Waals surface area contributed by atoms with Gasteiger partial charge in [-0.2, -0.15) is 5.06 Å². The molecule has 25 heavy (non-hydrogen) atoms. The quantitative estimate of drug-likeness (QED) is 0.686. The van der Waals surface area contributed by atoms with Gasteiger partial charge >= 0.3 is 6.03 Å². The molecular formula is C15H20N4O5S. The fourth-order valence-corrected chi connectivity index (χ4v) is 3.30. The topological polar surface area (TPSA) is 108 Å². The molecule has 2 N–H and O–H groups in total. The summed E-state index contributed by atoms with van der Waals surface area (Å²) in [6.45, 7) is 0.647. The maximum absolute atomic E-state index is 12.5. The molecule has 2 atom stereocenters. The maximum Gasteiger partial charge on any atom is 0.345 e. The zero-order valence-electron chi connectivity index (χ0n) is 13.7. The average molecular weight is 368 g/mol.